The number of nitrogens with zero attached hydrogens (tertiary/aromatic N) is 1. The van der Waals surface area contributed by atoms with Gasteiger partial charge >= 0.3 is 5.97 Å². The van der Waals surface area contributed by atoms with E-state index in [0.717, 1.165) is 12.1 Å². The Morgan fingerprint density at radius 3 is 2.24 bits per heavy atom. The molecule has 0 radical (unpaired) electrons. The van der Waals surface area contributed by atoms with Crippen molar-refractivity contribution >= 4 is 23.5 Å². The third-order valence-corrected chi connectivity index (χ3v) is 3.16. The number of carboxylic acid groups (broad SMARTS) is 1. The minimum Gasteiger partial charge on any atom is -0.481 e. The van der Waals surface area contributed by atoms with Crippen LogP contribution >= 0.6 is 11.6 Å². The average Bonchev–Trinajstić information content (AvgIpc) is 2.31. The molecule has 7 heteroatoms. The standard InChI is InChI=1S/C14H16ClF2NO3/c1-14(2,3)18(5-4-12(19)20)13(21)8-6-10(16)11(17)7-9(8)15/h6-7H,4-5H2,1-3H3,(H,19,20). The average molecular weight is 320 g/mol. The second-order valence-electron chi connectivity index (χ2n) is 5.52. The number of hydrogen-bond donors (Lipinski definition) is 1. The summed E-state index contributed by atoms with van der Waals surface area (Å²) in [7, 11) is 0. The summed E-state index contributed by atoms with van der Waals surface area (Å²) < 4.78 is 26.3. The fourth-order valence-electron chi connectivity index (χ4n) is 1.78. The van der Waals surface area contributed by atoms with Gasteiger partial charge in [0.05, 0.1) is 17.0 Å². The van der Waals surface area contributed by atoms with E-state index in [1.807, 2.05) is 0 Å². The molecule has 0 aromatic heterocycles. The summed E-state index contributed by atoms with van der Waals surface area (Å²) >= 11 is 5.78. The topological polar surface area (TPSA) is 57.6 Å². The van der Waals surface area contributed by atoms with Gasteiger partial charge in [-0.3, -0.25) is 9.59 Å². The largest absolute Gasteiger partial charge is 0.481 e. The number of amides is 1. The number of halogens is 3. The first-order chi connectivity index (χ1) is 9.54. The lowest BCUT2D eigenvalue weighted by molar-refractivity contribution is -0.137. The van der Waals surface area contributed by atoms with E-state index in [2.05, 4.69) is 0 Å². The minimum absolute atomic E-state index is 0.0625. The van der Waals surface area contributed by atoms with Gasteiger partial charge in [-0.2, -0.15) is 0 Å². The molecule has 21 heavy (non-hydrogen) atoms. The number of carboxylic acids is 1. The molecule has 0 bridgehead atoms. The molecule has 1 aromatic rings. The van der Waals surface area contributed by atoms with E-state index in [0.29, 0.717) is 0 Å². The predicted molar refractivity (Wildman–Crippen MR) is 74.4 cm³/mol. The highest BCUT2D eigenvalue weighted by atomic mass is 35.5. The lowest BCUT2D eigenvalue weighted by Gasteiger charge is -2.35. The zero-order chi connectivity index (χ0) is 16.4. The third kappa shape index (κ3) is 4.39. The molecule has 4 nitrogen and oxygen atoms in total. The lowest BCUT2D eigenvalue weighted by atomic mass is 10.0. The Kier molecular flexibility index (Phi) is 5.28. The molecule has 0 heterocycles. The molecule has 0 fully saturated rings. The number of rotatable bonds is 4. The van der Waals surface area contributed by atoms with E-state index in [9.17, 15) is 18.4 Å². The van der Waals surface area contributed by atoms with Crippen LogP contribution in [0.5, 0.6) is 0 Å². The molecule has 0 aliphatic carbocycles. The smallest absolute Gasteiger partial charge is 0.305 e. The van der Waals surface area contributed by atoms with Gasteiger partial charge in [0.1, 0.15) is 0 Å². The van der Waals surface area contributed by atoms with Crippen LogP contribution < -0.4 is 0 Å². The van der Waals surface area contributed by atoms with E-state index in [1.54, 1.807) is 20.8 Å². The molecule has 0 aliphatic heterocycles. The molecule has 0 unspecified atom stereocenters. The van der Waals surface area contributed by atoms with Crippen LogP contribution in [-0.4, -0.2) is 34.0 Å². The first-order valence-electron chi connectivity index (χ1n) is 6.22. The molecule has 116 valence electrons. The zero-order valence-electron chi connectivity index (χ0n) is 11.9. The Hall–Kier alpha value is -1.69. The predicted octanol–water partition coefficient (Wildman–Crippen LogP) is 3.33. The van der Waals surface area contributed by atoms with Crippen molar-refractivity contribution in [2.45, 2.75) is 32.7 Å². The van der Waals surface area contributed by atoms with Crippen molar-refractivity contribution < 1.29 is 23.5 Å². The van der Waals surface area contributed by atoms with Gasteiger partial charge in [-0.1, -0.05) is 11.6 Å². The van der Waals surface area contributed by atoms with E-state index in [-0.39, 0.29) is 23.6 Å². The molecule has 0 spiro atoms. The highest BCUT2D eigenvalue weighted by molar-refractivity contribution is 6.33. The van der Waals surface area contributed by atoms with Gasteiger partial charge < -0.3 is 10.0 Å². The molecule has 0 saturated heterocycles. The second-order valence-corrected chi connectivity index (χ2v) is 5.92. The van der Waals surface area contributed by atoms with Gasteiger partial charge in [0.2, 0.25) is 0 Å². The fraction of sp³-hybridized carbons (Fsp3) is 0.429. The van der Waals surface area contributed by atoms with Crippen LogP contribution in [0, 0.1) is 11.6 Å². The number of benzene rings is 1. The van der Waals surface area contributed by atoms with Gasteiger partial charge in [-0.15, -0.1) is 0 Å². The lowest BCUT2D eigenvalue weighted by Crippen LogP contribution is -2.46. The van der Waals surface area contributed by atoms with Gasteiger partial charge in [-0.05, 0) is 32.9 Å². The molecule has 1 aromatic carbocycles. The van der Waals surface area contributed by atoms with Crippen LogP contribution in [0.1, 0.15) is 37.6 Å². The van der Waals surface area contributed by atoms with Crippen LogP contribution in [0.3, 0.4) is 0 Å². The Morgan fingerprint density at radius 1 is 1.24 bits per heavy atom. The Labute approximate surface area is 126 Å². The van der Waals surface area contributed by atoms with Crippen molar-refractivity contribution in [3.63, 3.8) is 0 Å². The SMILES string of the molecule is CC(C)(C)N(CCC(=O)O)C(=O)c1cc(F)c(F)cc1Cl. The highest BCUT2D eigenvalue weighted by Gasteiger charge is 2.29. The van der Waals surface area contributed by atoms with Crippen molar-refractivity contribution in [3.05, 3.63) is 34.4 Å². The van der Waals surface area contributed by atoms with Gasteiger partial charge in [0.15, 0.2) is 11.6 Å². The number of carbonyl (C=O) groups is 2. The van der Waals surface area contributed by atoms with Crippen molar-refractivity contribution in [1.29, 1.82) is 0 Å². The summed E-state index contributed by atoms with van der Waals surface area (Å²) in [4.78, 5) is 24.4. The van der Waals surface area contributed by atoms with Crippen LogP contribution in [0.25, 0.3) is 0 Å². The Morgan fingerprint density at radius 2 is 1.76 bits per heavy atom. The van der Waals surface area contributed by atoms with Crippen LogP contribution in [0.15, 0.2) is 12.1 Å². The van der Waals surface area contributed by atoms with Crippen LogP contribution in [0.4, 0.5) is 8.78 Å². The maximum absolute atomic E-state index is 13.3. The first kappa shape index (κ1) is 17.4. The van der Waals surface area contributed by atoms with Crippen LogP contribution in [0.2, 0.25) is 5.02 Å². The van der Waals surface area contributed by atoms with E-state index in [4.69, 9.17) is 16.7 Å². The van der Waals surface area contributed by atoms with Gasteiger partial charge in [-0.25, -0.2) is 8.78 Å². The van der Waals surface area contributed by atoms with Gasteiger partial charge in [0, 0.05) is 12.1 Å². The van der Waals surface area contributed by atoms with Crippen molar-refractivity contribution in [2.24, 2.45) is 0 Å². The first-order valence-corrected chi connectivity index (χ1v) is 6.60. The molecule has 1 N–H and O–H groups in total. The number of carbonyl (C=O) groups excluding carboxylic acids is 1. The fourth-order valence-corrected chi connectivity index (χ4v) is 2.01. The van der Waals surface area contributed by atoms with Crippen LogP contribution in [-0.2, 0) is 4.79 Å². The monoisotopic (exact) mass is 319 g/mol. The summed E-state index contributed by atoms with van der Waals surface area (Å²) in [6.07, 6.45) is -0.260. The molecule has 1 amide bonds. The maximum atomic E-state index is 13.3. The van der Waals surface area contributed by atoms with E-state index in [1.165, 1.54) is 4.90 Å². The molecular formula is C14H16ClF2NO3. The van der Waals surface area contributed by atoms with Gasteiger partial charge in [0.25, 0.3) is 5.91 Å². The number of aliphatic carboxylic acids is 1. The molecule has 1 rings (SSSR count). The Bertz CT molecular complexity index is 570. The Balaban J connectivity index is 3.17. The van der Waals surface area contributed by atoms with Crippen molar-refractivity contribution in [3.8, 4) is 0 Å². The quantitative estimate of drug-likeness (QED) is 0.866. The highest BCUT2D eigenvalue weighted by Crippen LogP contribution is 2.25. The third-order valence-electron chi connectivity index (χ3n) is 2.84. The summed E-state index contributed by atoms with van der Waals surface area (Å²) in [5.41, 5.74) is -0.892. The van der Waals surface area contributed by atoms with E-state index < -0.39 is 29.0 Å². The summed E-state index contributed by atoms with van der Waals surface area (Å²) in [6, 6.07) is 1.45. The van der Waals surface area contributed by atoms with Crippen molar-refractivity contribution in [2.75, 3.05) is 6.54 Å². The minimum atomic E-state index is -1.19. The molecular weight excluding hydrogens is 304 g/mol. The summed E-state index contributed by atoms with van der Waals surface area (Å²) in [5.74, 6) is -4.04. The van der Waals surface area contributed by atoms with Crippen molar-refractivity contribution in [1.82, 2.24) is 4.90 Å². The number of hydrogen-bond acceptors (Lipinski definition) is 2. The summed E-state index contributed by atoms with van der Waals surface area (Å²) in [6.45, 7) is 5.06. The molecule has 0 saturated carbocycles. The molecule has 0 atom stereocenters. The zero-order valence-corrected chi connectivity index (χ0v) is 12.7. The molecule has 0 aliphatic rings. The van der Waals surface area contributed by atoms with E-state index >= 15 is 0 Å². The maximum Gasteiger partial charge on any atom is 0.305 e. The normalized spacial score (nSPS) is 11.3. The second kappa shape index (κ2) is 6.39. The summed E-state index contributed by atoms with van der Waals surface area (Å²) in [5, 5.41) is 8.52.